The Bertz CT molecular complexity index is 614. The van der Waals surface area contributed by atoms with Crippen LogP contribution in [0.4, 0.5) is 0 Å². The normalized spacial score (nSPS) is 20.5. The van der Waals surface area contributed by atoms with E-state index in [4.69, 9.17) is 4.74 Å². The highest BCUT2D eigenvalue weighted by Gasteiger charge is 2.32. The molecule has 1 saturated heterocycles. The Morgan fingerprint density at radius 1 is 1.29 bits per heavy atom. The SMILES string of the molecule is CNC1CCCN(S(=O)(=O)c2cc(C)c(C)cc2OC)C1. The van der Waals surface area contributed by atoms with Gasteiger partial charge < -0.3 is 10.1 Å². The standard InChI is InChI=1S/C15H24N2O3S/c1-11-8-14(20-4)15(9-12(11)2)21(18,19)17-7-5-6-13(10-17)16-3/h8-9,13,16H,5-7,10H2,1-4H3. The third-order valence-corrected chi connectivity index (χ3v) is 6.08. The highest BCUT2D eigenvalue weighted by atomic mass is 32.2. The lowest BCUT2D eigenvalue weighted by Crippen LogP contribution is -2.46. The molecule has 21 heavy (non-hydrogen) atoms. The van der Waals surface area contributed by atoms with E-state index < -0.39 is 10.0 Å². The Kier molecular flexibility index (Phi) is 4.91. The quantitative estimate of drug-likeness (QED) is 0.919. The zero-order valence-electron chi connectivity index (χ0n) is 13.1. The van der Waals surface area contributed by atoms with E-state index in [0.29, 0.717) is 18.8 Å². The summed E-state index contributed by atoms with van der Waals surface area (Å²) < 4.78 is 32.7. The summed E-state index contributed by atoms with van der Waals surface area (Å²) in [4.78, 5) is 0.268. The van der Waals surface area contributed by atoms with E-state index in [2.05, 4.69) is 5.32 Å². The first-order chi connectivity index (χ1) is 9.90. The minimum atomic E-state index is -3.52. The molecule has 1 aliphatic rings. The molecule has 1 heterocycles. The fraction of sp³-hybridized carbons (Fsp3) is 0.600. The summed E-state index contributed by atoms with van der Waals surface area (Å²) in [5.41, 5.74) is 1.98. The first-order valence-corrected chi connectivity index (χ1v) is 8.66. The number of benzene rings is 1. The maximum absolute atomic E-state index is 12.9. The Balaban J connectivity index is 2.41. The Morgan fingerprint density at radius 3 is 2.57 bits per heavy atom. The fourth-order valence-corrected chi connectivity index (χ4v) is 4.41. The van der Waals surface area contributed by atoms with Crippen LogP contribution in [-0.2, 0) is 10.0 Å². The highest BCUT2D eigenvalue weighted by Crippen LogP contribution is 2.31. The van der Waals surface area contributed by atoms with Crippen molar-refractivity contribution in [2.45, 2.75) is 37.6 Å². The van der Waals surface area contributed by atoms with Crippen molar-refractivity contribution in [3.63, 3.8) is 0 Å². The molecule has 6 heteroatoms. The molecule has 0 spiro atoms. The van der Waals surface area contributed by atoms with Crippen LogP contribution in [0.2, 0.25) is 0 Å². The molecule has 0 radical (unpaired) electrons. The summed E-state index contributed by atoms with van der Waals surface area (Å²) in [5, 5.41) is 3.17. The van der Waals surface area contributed by atoms with Crippen LogP contribution in [0, 0.1) is 13.8 Å². The van der Waals surface area contributed by atoms with Crippen LogP contribution in [-0.4, -0.2) is 46.0 Å². The second-order valence-corrected chi connectivity index (χ2v) is 7.48. The van der Waals surface area contributed by atoms with Gasteiger partial charge in [0.2, 0.25) is 10.0 Å². The second kappa shape index (κ2) is 6.34. The van der Waals surface area contributed by atoms with E-state index in [-0.39, 0.29) is 10.9 Å². The van der Waals surface area contributed by atoms with Gasteiger partial charge in [0.15, 0.2) is 0 Å². The molecule has 1 fully saturated rings. The molecule has 1 aromatic rings. The van der Waals surface area contributed by atoms with E-state index in [1.807, 2.05) is 20.9 Å². The van der Waals surface area contributed by atoms with Crippen molar-refractivity contribution < 1.29 is 13.2 Å². The number of rotatable bonds is 4. The van der Waals surface area contributed by atoms with E-state index in [1.165, 1.54) is 7.11 Å². The summed E-state index contributed by atoms with van der Waals surface area (Å²) in [6.45, 7) is 4.94. The van der Waals surface area contributed by atoms with Crippen molar-refractivity contribution in [3.8, 4) is 5.75 Å². The summed E-state index contributed by atoms with van der Waals surface area (Å²) in [6, 6.07) is 3.72. The maximum Gasteiger partial charge on any atom is 0.246 e. The zero-order chi connectivity index (χ0) is 15.6. The second-order valence-electron chi connectivity index (χ2n) is 5.58. The van der Waals surface area contributed by atoms with Gasteiger partial charge >= 0.3 is 0 Å². The molecule has 0 saturated carbocycles. The number of nitrogens with one attached hydrogen (secondary N) is 1. The maximum atomic E-state index is 12.9. The molecule has 118 valence electrons. The molecule has 0 aromatic heterocycles. The molecule has 0 amide bonds. The first-order valence-electron chi connectivity index (χ1n) is 7.22. The van der Waals surface area contributed by atoms with Gasteiger partial charge in [-0.2, -0.15) is 4.31 Å². The van der Waals surface area contributed by atoms with Crippen LogP contribution in [0.25, 0.3) is 0 Å². The molecule has 1 aromatic carbocycles. The van der Waals surface area contributed by atoms with Crippen molar-refractivity contribution in [1.82, 2.24) is 9.62 Å². The zero-order valence-corrected chi connectivity index (χ0v) is 14.0. The lowest BCUT2D eigenvalue weighted by atomic mass is 10.1. The number of nitrogens with zero attached hydrogens (tertiary/aromatic N) is 1. The average molecular weight is 312 g/mol. The van der Waals surface area contributed by atoms with Gasteiger partial charge in [0, 0.05) is 19.1 Å². The van der Waals surface area contributed by atoms with E-state index in [9.17, 15) is 8.42 Å². The predicted octanol–water partition coefficient (Wildman–Crippen LogP) is 1.68. The fourth-order valence-electron chi connectivity index (χ4n) is 2.66. The van der Waals surface area contributed by atoms with Gasteiger partial charge in [-0.3, -0.25) is 0 Å². The molecule has 0 bridgehead atoms. The summed E-state index contributed by atoms with van der Waals surface area (Å²) in [7, 11) is -0.137. The monoisotopic (exact) mass is 312 g/mol. The minimum Gasteiger partial charge on any atom is -0.495 e. The third kappa shape index (κ3) is 3.22. The lowest BCUT2D eigenvalue weighted by Gasteiger charge is -2.32. The molecular weight excluding hydrogens is 288 g/mol. The van der Waals surface area contributed by atoms with Crippen LogP contribution in [0.1, 0.15) is 24.0 Å². The number of piperidine rings is 1. The van der Waals surface area contributed by atoms with Gasteiger partial charge in [0.05, 0.1) is 7.11 Å². The van der Waals surface area contributed by atoms with Gasteiger partial charge in [0.25, 0.3) is 0 Å². The van der Waals surface area contributed by atoms with Gasteiger partial charge in [-0.05, 0) is 57.0 Å². The summed E-state index contributed by atoms with van der Waals surface area (Å²) >= 11 is 0. The number of sulfonamides is 1. The molecule has 2 rings (SSSR count). The predicted molar refractivity (Wildman–Crippen MR) is 83.3 cm³/mol. The first kappa shape index (κ1) is 16.3. The molecule has 1 N–H and O–H groups in total. The lowest BCUT2D eigenvalue weighted by molar-refractivity contribution is 0.291. The smallest absolute Gasteiger partial charge is 0.246 e. The molecule has 1 unspecified atom stereocenters. The van der Waals surface area contributed by atoms with E-state index in [0.717, 1.165) is 24.0 Å². The number of hydrogen-bond donors (Lipinski definition) is 1. The van der Waals surface area contributed by atoms with Gasteiger partial charge in [-0.1, -0.05) is 0 Å². The Morgan fingerprint density at radius 2 is 1.95 bits per heavy atom. The van der Waals surface area contributed by atoms with E-state index in [1.54, 1.807) is 16.4 Å². The Labute approximate surface area is 127 Å². The minimum absolute atomic E-state index is 0.214. The van der Waals surface area contributed by atoms with Crippen molar-refractivity contribution in [1.29, 1.82) is 0 Å². The van der Waals surface area contributed by atoms with E-state index >= 15 is 0 Å². The largest absolute Gasteiger partial charge is 0.495 e. The molecular formula is C15H24N2O3S. The number of likely N-dealkylation sites (N-methyl/N-ethyl adjacent to an activating group) is 1. The summed E-state index contributed by atoms with van der Waals surface area (Å²) in [6.07, 6.45) is 1.88. The van der Waals surface area contributed by atoms with Crippen LogP contribution < -0.4 is 10.1 Å². The highest BCUT2D eigenvalue weighted by molar-refractivity contribution is 7.89. The summed E-state index contributed by atoms with van der Waals surface area (Å²) in [5.74, 6) is 0.421. The molecule has 1 aliphatic heterocycles. The topological polar surface area (TPSA) is 58.6 Å². The van der Waals surface area contributed by atoms with Crippen LogP contribution in [0.15, 0.2) is 17.0 Å². The Hall–Kier alpha value is -1.11. The molecule has 1 atom stereocenters. The van der Waals surface area contributed by atoms with Gasteiger partial charge in [-0.15, -0.1) is 0 Å². The van der Waals surface area contributed by atoms with Crippen LogP contribution in [0.5, 0.6) is 5.75 Å². The van der Waals surface area contributed by atoms with Crippen LogP contribution >= 0.6 is 0 Å². The van der Waals surface area contributed by atoms with Crippen molar-refractivity contribution in [2.75, 3.05) is 27.2 Å². The van der Waals surface area contributed by atoms with Crippen molar-refractivity contribution in [2.24, 2.45) is 0 Å². The average Bonchev–Trinajstić information content (AvgIpc) is 2.49. The van der Waals surface area contributed by atoms with Gasteiger partial charge in [0.1, 0.15) is 10.6 Å². The molecule has 5 nitrogen and oxygen atoms in total. The number of ether oxygens (including phenoxy) is 1. The van der Waals surface area contributed by atoms with Crippen molar-refractivity contribution >= 4 is 10.0 Å². The number of methoxy groups -OCH3 is 1. The number of hydrogen-bond acceptors (Lipinski definition) is 4. The van der Waals surface area contributed by atoms with Crippen molar-refractivity contribution in [3.05, 3.63) is 23.3 Å². The third-order valence-electron chi connectivity index (χ3n) is 4.19. The van der Waals surface area contributed by atoms with Gasteiger partial charge in [-0.25, -0.2) is 8.42 Å². The number of aryl methyl sites for hydroxylation is 2. The molecule has 0 aliphatic carbocycles. The van der Waals surface area contributed by atoms with Crippen LogP contribution in [0.3, 0.4) is 0 Å².